The standard InChI is InChI=1S/C20H24O3/c1-20(2,19(21)22)23-18-14-12-17(13-15-18)11-7-6-10-16-8-4-3-5-9-16/h3-5,8-9,12-15H,6-7,10-11H2,1-2H3,(H,21,22). The van der Waals surface area contributed by atoms with Crippen LogP contribution in [0.3, 0.4) is 0 Å². The first-order chi connectivity index (χ1) is 11.0. The molecular formula is C20H24O3. The number of carboxylic acid groups (broad SMARTS) is 1. The molecule has 0 atom stereocenters. The summed E-state index contributed by atoms with van der Waals surface area (Å²) in [6, 6.07) is 18.2. The first kappa shape index (κ1) is 17.1. The van der Waals surface area contributed by atoms with Crippen molar-refractivity contribution in [1.82, 2.24) is 0 Å². The molecule has 0 heterocycles. The van der Waals surface area contributed by atoms with Crippen molar-refractivity contribution >= 4 is 5.97 Å². The minimum atomic E-state index is -1.21. The van der Waals surface area contributed by atoms with Gasteiger partial charge in [-0.3, -0.25) is 0 Å². The van der Waals surface area contributed by atoms with Crippen molar-refractivity contribution in [2.24, 2.45) is 0 Å². The molecule has 3 nitrogen and oxygen atoms in total. The highest BCUT2D eigenvalue weighted by atomic mass is 16.5. The molecule has 0 fully saturated rings. The van der Waals surface area contributed by atoms with Crippen molar-refractivity contribution in [2.75, 3.05) is 0 Å². The highest BCUT2D eigenvalue weighted by molar-refractivity contribution is 5.76. The van der Waals surface area contributed by atoms with Gasteiger partial charge >= 0.3 is 5.97 Å². The molecule has 0 aliphatic carbocycles. The molecule has 2 rings (SSSR count). The summed E-state index contributed by atoms with van der Waals surface area (Å²) in [5.74, 6) is -0.382. The maximum Gasteiger partial charge on any atom is 0.347 e. The minimum absolute atomic E-state index is 0.588. The average molecular weight is 312 g/mol. The lowest BCUT2D eigenvalue weighted by Crippen LogP contribution is -2.37. The van der Waals surface area contributed by atoms with Crippen LogP contribution in [-0.4, -0.2) is 16.7 Å². The smallest absolute Gasteiger partial charge is 0.347 e. The summed E-state index contributed by atoms with van der Waals surface area (Å²) in [7, 11) is 0. The van der Waals surface area contributed by atoms with Crippen molar-refractivity contribution in [3.8, 4) is 5.75 Å². The van der Waals surface area contributed by atoms with Crippen LogP contribution in [0, 0.1) is 0 Å². The molecule has 0 spiro atoms. The fraction of sp³-hybridized carbons (Fsp3) is 0.350. The zero-order valence-corrected chi connectivity index (χ0v) is 13.8. The molecule has 0 radical (unpaired) electrons. The Bertz CT molecular complexity index is 615. The normalized spacial score (nSPS) is 11.2. The quantitative estimate of drug-likeness (QED) is 0.730. The number of hydrogen-bond donors (Lipinski definition) is 1. The second kappa shape index (κ2) is 7.82. The molecule has 0 aromatic heterocycles. The summed E-state index contributed by atoms with van der Waals surface area (Å²) in [5, 5.41) is 9.07. The predicted molar refractivity (Wildman–Crippen MR) is 91.9 cm³/mol. The Labute approximate surface area is 137 Å². The van der Waals surface area contributed by atoms with E-state index in [2.05, 4.69) is 24.3 Å². The number of aliphatic carboxylic acids is 1. The Hall–Kier alpha value is -2.29. The minimum Gasteiger partial charge on any atom is -0.478 e. The number of aryl methyl sites for hydroxylation is 2. The van der Waals surface area contributed by atoms with E-state index in [-0.39, 0.29) is 0 Å². The molecule has 2 aromatic rings. The van der Waals surface area contributed by atoms with E-state index in [0.717, 1.165) is 25.7 Å². The van der Waals surface area contributed by atoms with Gasteiger partial charge in [0.1, 0.15) is 5.75 Å². The number of carboxylic acids is 1. The zero-order valence-electron chi connectivity index (χ0n) is 13.8. The third kappa shape index (κ3) is 5.44. The molecule has 0 unspecified atom stereocenters. The van der Waals surface area contributed by atoms with E-state index in [4.69, 9.17) is 9.84 Å². The monoisotopic (exact) mass is 312 g/mol. The molecule has 2 aromatic carbocycles. The van der Waals surface area contributed by atoms with Crippen LogP contribution in [0.15, 0.2) is 54.6 Å². The van der Waals surface area contributed by atoms with E-state index in [1.807, 2.05) is 30.3 Å². The summed E-state index contributed by atoms with van der Waals surface area (Å²) in [4.78, 5) is 11.1. The summed E-state index contributed by atoms with van der Waals surface area (Å²) in [6.07, 6.45) is 4.42. The van der Waals surface area contributed by atoms with Crippen LogP contribution in [0.1, 0.15) is 37.8 Å². The van der Waals surface area contributed by atoms with Gasteiger partial charge in [-0.2, -0.15) is 0 Å². The Balaban J connectivity index is 1.78. The predicted octanol–water partition coefficient (Wildman–Crippen LogP) is 4.49. The van der Waals surface area contributed by atoms with Crippen LogP contribution in [0.4, 0.5) is 0 Å². The van der Waals surface area contributed by atoms with Crippen molar-refractivity contribution in [3.63, 3.8) is 0 Å². The van der Waals surface area contributed by atoms with Gasteiger partial charge in [0.25, 0.3) is 0 Å². The summed E-state index contributed by atoms with van der Waals surface area (Å²) >= 11 is 0. The van der Waals surface area contributed by atoms with E-state index in [9.17, 15) is 4.79 Å². The summed E-state index contributed by atoms with van der Waals surface area (Å²) in [6.45, 7) is 3.10. The fourth-order valence-corrected chi connectivity index (χ4v) is 2.37. The van der Waals surface area contributed by atoms with E-state index in [1.165, 1.54) is 11.1 Å². The number of rotatable bonds is 8. The van der Waals surface area contributed by atoms with Crippen LogP contribution in [0.25, 0.3) is 0 Å². The van der Waals surface area contributed by atoms with E-state index in [0.29, 0.717) is 5.75 Å². The Morgan fingerprint density at radius 2 is 1.43 bits per heavy atom. The highest BCUT2D eigenvalue weighted by Crippen LogP contribution is 2.20. The average Bonchev–Trinajstić information content (AvgIpc) is 2.54. The third-order valence-electron chi connectivity index (χ3n) is 3.84. The molecule has 0 saturated heterocycles. The number of carbonyl (C=O) groups is 1. The largest absolute Gasteiger partial charge is 0.478 e. The lowest BCUT2D eigenvalue weighted by atomic mass is 10.0. The molecule has 0 aliphatic rings. The molecular weight excluding hydrogens is 288 g/mol. The van der Waals surface area contributed by atoms with Crippen LogP contribution in [0.2, 0.25) is 0 Å². The van der Waals surface area contributed by atoms with Gasteiger partial charge in [-0.25, -0.2) is 4.79 Å². The topological polar surface area (TPSA) is 46.5 Å². The van der Waals surface area contributed by atoms with Crippen molar-refractivity contribution in [3.05, 3.63) is 65.7 Å². The molecule has 122 valence electrons. The van der Waals surface area contributed by atoms with Crippen LogP contribution in [-0.2, 0) is 17.6 Å². The Morgan fingerprint density at radius 3 is 1.96 bits per heavy atom. The van der Waals surface area contributed by atoms with Crippen LogP contribution in [0.5, 0.6) is 5.75 Å². The molecule has 0 bridgehead atoms. The second-order valence-electron chi connectivity index (χ2n) is 6.25. The Kier molecular flexibility index (Phi) is 5.80. The van der Waals surface area contributed by atoms with Gasteiger partial charge in [-0.1, -0.05) is 42.5 Å². The van der Waals surface area contributed by atoms with Crippen LogP contribution < -0.4 is 4.74 Å². The first-order valence-electron chi connectivity index (χ1n) is 8.03. The highest BCUT2D eigenvalue weighted by Gasteiger charge is 2.29. The zero-order chi connectivity index (χ0) is 16.7. The van der Waals surface area contributed by atoms with Gasteiger partial charge in [0.15, 0.2) is 5.60 Å². The lowest BCUT2D eigenvalue weighted by Gasteiger charge is -2.21. The molecule has 3 heteroatoms. The van der Waals surface area contributed by atoms with Gasteiger partial charge in [0.05, 0.1) is 0 Å². The lowest BCUT2D eigenvalue weighted by molar-refractivity contribution is -0.152. The number of unbranched alkanes of at least 4 members (excludes halogenated alkanes) is 1. The first-order valence-corrected chi connectivity index (χ1v) is 8.03. The van der Waals surface area contributed by atoms with Gasteiger partial charge < -0.3 is 9.84 Å². The van der Waals surface area contributed by atoms with Crippen molar-refractivity contribution in [1.29, 1.82) is 0 Å². The van der Waals surface area contributed by atoms with Gasteiger partial charge in [0.2, 0.25) is 0 Å². The SMILES string of the molecule is CC(C)(Oc1ccc(CCCCc2ccccc2)cc1)C(=O)O. The molecule has 1 N–H and O–H groups in total. The number of benzene rings is 2. The Morgan fingerprint density at radius 1 is 0.913 bits per heavy atom. The third-order valence-corrected chi connectivity index (χ3v) is 3.84. The summed E-state index contributed by atoms with van der Waals surface area (Å²) < 4.78 is 5.50. The van der Waals surface area contributed by atoms with Crippen LogP contribution >= 0.6 is 0 Å². The maximum absolute atomic E-state index is 11.1. The fourth-order valence-electron chi connectivity index (χ4n) is 2.37. The molecule has 0 amide bonds. The van der Waals surface area contributed by atoms with Gasteiger partial charge in [-0.05, 0) is 62.8 Å². The van der Waals surface area contributed by atoms with Gasteiger partial charge in [0, 0.05) is 0 Å². The second-order valence-corrected chi connectivity index (χ2v) is 6.25. The summed E-state index contributed by atoms with van der Waals surface area (Å²) in [5.41, 5.74) is 1.42. The van der Waals surface area contributed by atoms with Crippen molar-refractivity contribution < 1.29 is 14.6 Å². The maximum atomic E-state index is 11.1. The van der Waals surface area contributed by atoms with E-state index in [1.54, 1.807) is 13.8 Å². The number of hydrogen-bond acceptors (Lipinski definition) is 2. The van der Waals surface area contributed by atoms with Crippen molar-refractivity contribution in [2.45, 2.75) is 45.1 Å². The van der Waals surface area contributed by atoms with E-state index < -0.39 is 11.6 Å². The molecule has 0 aliphatic heterocycles. The number of ether oxygens (including phenoxy) is 1. The molecule has 0 saturated carbocycles. The van der Waals surface area contributed by atoms with E-state index >= 15 is 0 Å². The molecule has 23 heavy (non-hydrogen) atoms. The van der Waals surface area contributed by atoms with Gasteiger partial charge in [-0.15, -0.1) is 0 Å².